The Morgan fingerprint density at radius 2 is 1.96 bits per heavy atom. The van der Waals surface area contributed by atoms with Gasteiger partial charge in [0.05, 0.1) is 31.3 Å². The average Bonchev–Trinajstić information content (AvgIpc) is 3.37. The van der Waals surface area contributed by atoms with Crippen LogP contribution in [0.25, 0.3) is 10.8 Å². The third kappa shape index (κ3) is 3.13. The van der Waals surface area contributed by atoms with Gasteiger partial charge in [0.2, 0.25) is 0 Å². The lowest BCUT2D eigenvalue weighted by Gasteiger charge is -2.23. The average molecular weight is 353 g/mol. The third-order valence-electron chi connectivity index (χ3n) is 5.00. The fourth-order valence-electron chi connectivity index (χ4n) is 3.68. The molecule has 134 valence electrons. The smallest absolute Gasteiger partial charge is 0.272 e. The maximum atomic E-state index is 12.7. The van der Waals surface area contributed by atoms with Crippen molar-refractivity contribution in [2.75, 3.05) is 19.6 Å². The standard InChI is InChI=1S/C19H20N4O3/c24-18-14-7-2-1-6-13(14)17(21-22-18)19(25)20-12-15(16-8-5-11-26-16)23-9-3-4-10-23/h1-2,5-8,11,15H,3-4,9-10,12H2,(H,20,25)(H,22,24)/p+1/t15-/m1/s1. The highest BCUT2D eigenvalue weighted by molar-refractivity contribution is 6.04. The van der Waals surface area contributed by atoms with Gasteiger partial charge in [-0.3, -0.25) is 9.59 Å². The number of carbonyl (C=O) groups is 1. The summed E-state index contributed by atoms with van der Waals surface area (Å²) in [6.07, 6.45) is 4.04. The highest BCUT2D eigenvalue weighted by Gasteiger charge is 2.30. The van der Waals surface area contributed by atoms with Gasteiger partial charge in [0.1, 0.15) is 0 Å². The molecule has 1 atom stereocenters. The summed E-state index contributed by atoms with van der Waals surface area (Å²) in [5.74, 6) is 0.578. The molecule has 1 saturated heterocycles. The number of nitrogens with one attached hydrogen (secondary N) is 3. The fraction of sp³-hybridized carbons (Fsp3) is 0.316. The van der Waals surface area contributed by atoms with Gasteiger partial charge in [-0.05, 0) is 18.2 Å². The second kappa shape index (κ2) is 7.13. The first-order valence-corrected chi connectivity index (χ1v) is 8.87. The van der Waals surface area contributed by atoms with E-state index in [1.54, 1.807) is 30.5 Å². The first kappa shape index (κ1) is 16.5. The maximum Gasteiger partial charge on any atom is 0.272 e. The van der Waals surface area contributed by atoms with E-state index in [4.69, 9.17) is 4.42 Å². The van der Waals surface area contributed by atoms with Crippen molar-refractivity contribution in [3.8, 4) is 0 Å². The summed E-state index contributed by atoms with van der Waals surface area (Å²) in [6, 6.07) is 10.9. The van der Waals surface area contributed by atoms with Crippen molar-refractivity contribution in [2.45, 2.75) is 18.9 Å². The number of quaternary nitrogens is 1. The molecule has 1 aromatic carbocycles. The molecule has 3 heterocycles. The van der Waals surface area contributed by atoms with Crippen LogP contribution in [0.3, 0.4) is 0 Å². The van der Waals surface area contributed by atoms with Crippen LogP contribution in [0.15, 0.2) is 51.9 Å². The summed E-state index contributed by atoms with van der Waals surface area (Å²) in [5, 5.41) is 10.4. The zero-order valence-corrected chi connectivity index (χ0v) is 14.3. The largest absolute Gasteiger partial charge is 0.463 e. The van der Waals surface area contributed by atoms with Crippen molar-refractivity contribution in [1.82, 2.24) is 15.5 Å². The number of aromatic nitrogens is 2. The molecule has 0 saturated carbocycles. The maximum absolute atomic E-state index is 12.7. The van der Waals surface area contributed by atoms with Gasteiger partial charge in [-0.1, -0.05) is 18.2 Å². The first-order valence-electron chi connectivity index (χ1n) is 8.87. The van der Waals surface area contributed by atoms with Crippen molar-refractivity contribution < 1.29 is 14.1 Å². The number of benzene rings is 1. The molecule has 3 N–H and O–H groups in total. The quantitative estimate of drug-likeness (QED) is 0.628. The van der Waals surface area contributed by atoms with Gasteiger partial charge >= 0.3 is 0 Å². The van der Waals surface area contributed by atoms with Gasteiger partial charge in [0, 0.05) is 18.2 Å². The number of fused-ring (bicyclic) bond motifs is 1. The van der Waals surface area contributed by atoms with Crippen LogP contribution in [0.5, 0.6) is 0 Å². The van der Waals surface area contributed by atoms with E-state index in [1.165, 1.54) is 17.7 Å². The highest BCUT2D eigenvalue weighted by atomic mass is 16.3. The number of carbonyl (C=O) groups excluding carboxylic acids is 1. The predicted molar refractivity (Wildman–Crippen MR) is 96.1 cm³/mol. The summed E-state index contributed by atoms with van der Waals surface area (Å²) in [5.41, 5.74) is -0.0676. The minimum atomic E-state index is -0.299. The summed E-state index contributed by atoms with van der Waals surface area (Å²) in [7, 11) is 0. The molecule has 1 aliphatic heterocycles. The predicted octanol–water partition coefficient (Wildman–Crippen LogP) is 0.666. The number of hydrogen-bond donors (Lipinski definition) is 3. The molecule has 0 bridgehead atoms. The molecule has 4 rings (SSSR count). The minimum absolute atomic E-state index is 0.0745. The number of aromatic amines is 1. The SMILES string of the molecule is O=C(NC[C@H](c1ccco1)[NH+]1CCCC1)c1n[nH]c(=O)c2ccccc12. The molecule has 7 nitrogen and oxygen atoms in total. The summed E-state index contributed by atoms with van der Waals surface area (Å²) in [6.45, 7) is 2.60. The number of furan rings is 1. The van der Waals surface area contributed by atoms with Crippen LogP contribution in [0.1, 0.15) is 35.1 Å². The first-order chi connectivity index (χ1) is 12.7. The van der Waals surface area contributed by atoms with Crippen molar-refractivity contribution >= 4 is 16.7 Å². The molecule has 7 heteroatoms. The molecular formula is C19H21N4O3+. The van der Waals surface area contributed by atoms with Crippen molar-refractivity contribution in [2.24, 2.45) is 0 Å². The molecule has 2 aromatic heterocycles. The van der Waals surface area contributed by atoms with Crippen molar-refractivity contribution in [1.29, 1.82) is 0 Å². The number of hydrogen-bond acceptors (Lipinski definition) is 4. The molecule has 1 fully saturated rings. The highest BCUT2D eigenvalue weighted by Crippen LogP contribution is 2.14. The minimum Gasteiger partial charge on any atom is -0.463 e. The fourth-order valence-corrected chi connectivity index (χ4v) is 3.68. The molecule has 0 spiro atoms. The Labute approximate surface area is 150 Å². The van der Waals surface area contributed by atoms with Gasteiger partial charge in [-0.25, -0.2) is 5.10 Å². The molecule has 0 aliphatic carbocycles. The summed E-state index contributed by atoms with van der Waals surface area (Å²) < 4.78 is 5.60. The van der Waals surface area contributed by atoms with Crippen molar-refractivity contribution in [3.05, 3.63) is 64.5 Å². The van der Waals surface area contributed by atoms with Gasteiger partial charge in [-0.15, -0.1) is 0 Å². The molecular weight excluding hydrogens is 332 g/mol. The topological polar surface area (TPSA) is 92.4 Å². The number of H-pyrrole nitrogens is 1. The Morgan fingerprint density at radius 3 is 2.69 bits per heavy atom. The van der Waals surface area contributed by atoms with Gasteiger partial charge in [0.15, 0.2) is 17.5 Å². The van der Waals surface area contributed by atoms with E-state index in [0.29, 0.717) is 17.3 Å². The van der Waals surface area contributed by atoms with E-state index < -0.39 is 0 Å². The molecule has 26 heavy (non-hydrogen) atoms. The van der Waals surface area contributed by atoms with Gasteiger partial charge in [0.25, 0.3) is 11.5 Å². The summed E-state index contributed by atoms with van der Waals surface area (Å²) in [4.78, 5) is 26.0. The second-order valence-corrected chi connectivity index (χ2v) is 6.59. The lowest BCUT2D eigenvalue weighted by Crippen LogP contribution is -3.11. The molecule has 1 aliphatic rings. The molecule has 3 aromatic rings. The van der Waals surface area contributed by atoms with E-state index in [0.717, 1.165) is 18.8 Å². The number of amides is 1. The van der Waals surface area contributed by atoms with Gasteiger partial charge < -0.3 is 14.6 Å². The van der Waals surface area contributed by atoms with E-state index in [9.17, 15) is 9.59 Å². The Hall–Kier alpha value is -2.93. The lowest BCUT2D eigenvalue weighted by atomic mass is 10.1. The van der Waals surface area contributed by atoms with E-state index in [1.807, 2.05) is 12.1 Å². The summed E-state index contributed by atoms with van der Waals surface area (Å²) >= 11 is 0. The van der Waals surface area contributed by atoms with Gasteiger partial charge in [-0.2, -0.15) is 5.10 Å². The normalized spacial score (nSPS) is 16.0. The van der Waals surface area contributed by atoms with Crippen LogP contribution in [0, 0.1) is 0 Å². The second-order valence-electron chi connectivity index (χ2n) is 6.59. The Morgan fingerprint density at radius 1 is 1.19 bits per heavy atom. The lowest BCUT2D eigenvalue weighted by molar-refractivity contribution is -0.919. The molecule has 1 amide bonds. The molecule has 0 unspecified atom stereocenters. The van der Waals surface area contributed by atoms with E-state index in [-0.39, 0.29) is 23.2 Å². The molecule has 0 radical (unpaired) electrons. The van der Waals surface area contributed by atoms with Crippen molar-refractivity contribution in [3.63, 3.8) is 0 Å². The number of nitrogens with zero attached hydrogens (tertiary/aromatic N) is 1. The van der Waals surface area contributed by atoms with E-state index >= 15 is 0 Å². The van der Waals surface area contributed by atoms with Crippen LogP contribution in [-0.4, -0.2) is 35.7 Å². The zero-order valence-electron chi connectivity index (χ0n) is 14.3. The van der Waals surface area contributed by atoms with Crippen LogP contribution in [0.2, 0.25) is 0 Å². The van der Waals surface area contributed by atoms with Crippen LogP contribution in [-0.2, 0) is 0 Å². The monoisotopic (exact) mass is 353 g/mol. The Bertz CT molecular complexity index is 958. The number of rotatable bonds is 5. The third-order valence-corrected chi connectivity index (χ3v) is 5.00. The van der Waals surface area contributed by atoms with Crippen LogP contribution in [0.4, 0.5) is 0 Å². The zero-order chi connectivity index (χ0) is 17.9. The Kier molecular flexibility index (Phi) is 4.53. The Balaban J connectivity index is 1.56. The van der Waals surface area contributed by atoms with E-state index in [2.05, 4.69) is 15.5 Å². The van der Waals surface area contributed by atoms with Crippen LogP contribution >= 0.6 is 0 Å². The number of likely N-dealkylation sites (tertiary alicyclic amines) is 1. The van der Waals surface area contributed by atoms with Crippen LogP contribution < -0.4 is 15.8 Å².